The van der Waals surface area contributed by atoms with Crippen molar-refractivity contribution in [2.45, 2.75) is 31.2 Å². The van der Waals surface area contributed by atoms with E-state index in [0.717, 1.165) is 12.1 Å². The number of hydrogen-bond acceptors (Lipinski definition) is 3. The molecular formula is C11H12BrClFNO3S. The minimum absolute atomic E-state index is 0.0642. The van der Waals surface area contributed by atoms with Crippen LogP contribution in [0.4, 0.5) is 4.39 Å². The van der Waals surface area contributed by atoms with Crippen LogP contribution in [0, 0.1) is 5.82 Å². The first-order chi connectivity index (χ1) is 8.42. The summed E-state index contributed by atoms with van der Waals surface area (Å²) in [7, 11) is 1.04. The van der Waals surface area contributed by atoms with Gasteiger partial charge < -0.3 is 5.32 Å². The molecule has 1 N–H and O–H groups in total. The zero-order valence-electron chi connectivity index (χ0n) is 10.4. The van der Waals surface area contributed by atoms with Crippen molar-refractivity contribution < 1.29 is 17.6 Å². The van der Waals surface area contributed by atoms with Crippen molar-refractivity contribution in [2.75, 3.05) is 0 Å². The maximum Gasteiger partial charge on any atom is 0.262 e. The van der Waals surface area contributed by atoms with Crippen molar-refractivity contribution >= 4 is 41.6 Å². The van der Waals surface area contributed by atoms with Gasteiger partial charge in [-0.2, -0.15) is 0 Å². The fraction of sp³-hybridized carbons (Fsp3) is 0.364. The molecule has 0 saturated carbocycles. The Hall–Kier alpha value is -0.660. The molecule has 1 rings (SSSR count). The second-order valence-electron chi connectivity index (χ2n) is 4.91. The predicted molar refractivity (Wildman–Crippen MR) is 74.4 cm³/mol. The van der Waals surface area contributed by atoms with Crippen LogP contribution in [0.3, 0.4) is 0 Å². The quantitative estimate of drug-likeness (QED) is 0.812. The van der Waals surface area contributed by atoms with Crippen LogP contribution in [0.15, 0.2) is 21.5 Å². The Morgan fingerprint density at radius 3 is 2.32 bits per heavy atom. The van der Waals surface area contributed by atoms with E-state index in [1.807, 2.05) is 0 Å². The van der Waals surface area contributed by atoms with Crippen LogP contribution in [0.2, 0.25) is 0 Å². The van der Waals surface area contributed by atoms with Gasteiger partial charge in [0.2, 0.25) is 0 Å². The molecule has 0 aliphatic heterocycles. The average molecular weight is 373 g/mol. The third-order valence-electron chi connectivity index (χ3n) is 2.00. The number of rotatable bonds is 2. The molecule has 0 spiro atoms. The smallest absolute Gasteiger partial charge is 0.262 e. The van der Waals surface area contributed by atoms with Gasteiger partial charge in [0.15, 0.2) is 0 Å². The Morgan fingerprint density at radius 2 is 1.89 bits per heavy atom. The Balaban J connectivity index is 3.38. The highest BCUT2D eigenvalue weighted by Gasteiger charge is 2.24. The molecular weight excluding hydrogens is 361 g/mol. The lowest BCUT2D eigenvalue weighted by Gasteiger charge is -2.21. The number of hydrogen-bond donors (Lipinski definition) is 1. The lowest BCUT2D eigenvalue weighted by molar-refractivity contribution is 0.0918. The fourth-order valence-corrected chi connectivity index (χ4v) is 3.59. The molecule has 0 heterocycles. The van der Waals surface area contributed by atoms with Gasteiger partial charge in [0.25, 0.3) is 15.0 Å². The zero-order chi connectivity index (χ0) is 15.0. The van der Waals surface area contributed by atoms with Crippen LogP contribution in [0.5, 0.6) is 0 Å². The van der Waals surface area contributed by atoms with Crippen molar-refractivity contribution in [1.82, 2.24) is 5.32 Å². The summed E-state index contributed by atoms with van der Waals surface area (Å²) in [5, 5.41) is 2.61. The number of carbonyl (C=O) groups is 1. The third-order valence-corrected chi connectivity index (χ3v) is 4.46. The molecule has 0 saturated heterocycles. The zero-order valence-corrected chi connectivity index (χ0v) is 13.6. The summed E-state index contributed by atoms with van der Waals surface area (Å²) in [4.78, 5) is 11.5. The summed E-state index contributed by atoms with van der Waals surface area (Å²) in [5.41, 5.74) is -0.669. The van der Waals surface area contributed by atoms with Gasteiger partial charge in [-0.05, 0) is 48.8 Å². The number of nitrogens with one attached hydrogen (secondary N) is 1. The van der Waals surface area contributed by atoms with Crippen molar-refractivity contribution in [1.29, 1.82) is 0 Å². The van der Waals surface area contributed by atoms with E-state index in [2.05, 4.69) is 21.2 Å². The summed E-state index contributed by atoms with van der Waals surface area (Å²) < 4.78 is 35.9. The van der Waals surface area contributed by atoms with Crippen LogP contribution in [-0.2, 0) is 9.05 Å². The van der Waals surface area contributed by atoms with Crippen molar-refractivity contribution in [3.8, 4) is 0 Å². The van der Waals surface area contributed by atoms with E-state index in [0.29, 0.717) is 0 Å². The first-order valence-corrected chi connectivity index (χ1v) is 8.28. The van der Waals surface area contributed by atoms with Gasteiger partial charge in [0, 0.05) is 16.2 Å². The van der Waals surface area contributed by atoms with Gasteiger partial charge in [-0.3, -0.25) is 4.79 Å². The SMILES string of the molecule is CC(C)(C)NC(=O)c1cc(F)cc(S(=O)(=O)Cl)c1Br. The van der Waals surface area contributed by atoms with E-state index >= 15 is 0 Å². The molecule has 0 aliphatic rings. The lowest BCUT2D eigenvalue weighted by Crippen LogP contribution is -2.40. The molecule has 106 valence electrons. The highest BCUT2D eigenvalue weighted by molar-refractivity contribution is 9.10. The first-order valence-electron chi connectivity index (χ1n) is 5.18. The largest absolute Gasteiger partial charge is 0.347 e. The summed E-state index contributed by atoms with van der Waals surface area (Å²) in [6, 6.07) is 1.69. The molecule has 1 amide bonds. The van der Waals surface area contributed by atoms with Crippen LogP contribution >= 0.6 is 26.6 Å². The summed E-state index contributed by atoms with van der Waals surface area (Å²) in [5.74, 6) is -1.46. The molecule has 0 fully saturated rings. The summed E-state index contributed by atoms with van der Waals surface area (Å²) >= 11 is 2.97. The number of carbonyl (C=O) groups excluding carboxylic acids is 1. The van der Waals surface area contributed by atoms with E-state index in [-0.39, 0.29) is 10.0 Å². The van der Waals surface area contributed by atoms with E-state index < -0.39 is 31.2 Å². The molecule has 0 atom stereocenters. The average Bonchev–Trinajstić information content (AvgIpc) is 2.16. The second-order valence-corrected chi connectivity index (χ2v) is 8.23. The Kier molecular flexibility index (Phi) is 4.64. The van der Waals surface area contributed by atoms with Crippen LogP contribution < -0.4 is 5.32 Å². The van der Waals surface area contributed by atoms with Gasteiger partial charge in [0.05, 0.1) is 10.0 Å². The molecule has 0 aromatic heterocycles. The fourth-order valence-electron chi connectivity index (χ4n) is 1.31. The normalized spacial score (nSPS) is 12.3. The molecule has 1 aromatic rings. The Labute approximate surface area is 123 Å². The topological polar surface area (TPSA) is 63.2 Å². The molecule has 1 aromatic carbocycles. The van der Waals surface area contributed by atoms with Crippen molar-refractivity contribution in [3.05, 3.63) is 28.0 Å². The number of amides is 1. The third kappa shape index (κ3) is 4.43. The summed E-state index contributed by atoms with van der Waals surface area (Å²) in [6.45, 7) is 5.24. The van der Waals surface area contributed by atoms with Crippen LogP contribution in [-0.4, -0.2) is 19.9 Å². The van der Waals surface area contributed by atoms with E-state index in [4.69, 9.17) is 10.7 Å². The van der Waals surface area contributed by atoms with Gasteiger partial charge >= 0.3 is 0 Å². The minimum Gasteiger partial charge on any atom is -0.347 e. The molecule has 0 radical (unpaired) electrons. The Bertz CT molecular complexity index is 626. The number of halogens is 3. The standard InChI is InChI=1S/C11H12BrClFNO3S/c1-11(2,3)15-10(16)7-4-6(14)5-8(9(7)12)19(13,17)18/h4-5H,1-3H3,(H,15,16). The molecule has 0 bridgehead atoms. The molecule has 19 heavy (non-hydrogen) atoms. The van der Waals surface area contributed by atoms with Crippen molar-refractivity contribution in [2.24, 2.45) is 0 Å². The minimum atomic E-state index is -4.15. The van der Waals surface area contributed by atoms with E-state index in [9.17, 15) is 17.6 Å². The van der Waals surface area contributed by atoms with E-state index in [1.165, 1.54) is 0 Å². The summed E-state index contributed by atoms with van der Waals surface area (Å²) in [6.07, 6.45) is 0. The highest BCUT2D eigenvalue weighted by Crippen LogP contribution is 2.30. The number of benzene rings is 1. The monoisotopic (exact) mass is 371 g/mol. The maximum atomic E-state index is 13.4. The van der Waals surface area contributed by atoms with Gasteiger partial charge in [-0.1, -0.05) is 0 Å². The van der Waals surface area contributed by atoms with Crippen LogP contribution in [0.25, 0.3) is 0 Å². The predicted octanol–water partition coefficient (Wildman–Crippen LogP) is 3.04. The molecule has 0 unspecified atom stereocenters. The lowest BCUT2D eigenvalue weighted by atomic mass is 10.1. The second kappa shape index (κ2) is 5.38. The van der Waals surface area contributed by atoms with E-state index in [1.54, 1.807) is 20.8 Å². The maximum absolute atomic E-state index is 13.4. The van der Waals surface area contributed by atoms with Gasteiger partial charge in [-0.15, -0.1) is 0 Å². The highest BCUT2D eigenvalue weighted by atomic mass is 79.9. The van der Waals surface area contributed by atoms with Gasteiger partial charge in [0.1, 0.15) is 10.7 Å². The Morgan fingerprint density at radius 1 is 1.37 bits per heavy atom. The first kappa shape index (κ1) is 16.4. The van der Waals surface area contributed by atoms with Crippen molar-refractivity contribution in [3.63, 3.8) is 0 Å². The molecule has 0 aliphatic carbocycles. The van der Waals surface area contributed by atoms with Crippen LogP contribution in [0.1, 0.15) is 31.1 Å². The van der Waals surface area contributed by atoms with Gasteiger partial charge in [-0.25, -0.2) is 12.8 Å². The molecule has 8 heteroatoms. The molecule has 4 nitrogen and oxygen atoms in total.